The van der Waals surface area contributed by atoms with Gasteiger partial charge in [-0.1, -0.05) is 0 Å². The summed E-state index contributed by atoms with van der Waals surface area (Å²) in [5.74, 6) is 0. The van der Waals surface area contributed by atoms with Crippen molar-refractivity contribution in [1.29, 1.82) is 10.8 Å². The lowest BCUT2D eigenvalue weighted by atomic mass is 13.0. The largest absolute Gasteiger partial charge is 0.540 e. The van der Waals surface area contributed by atoms with Crippen LogP contribution >= 0.6 is 0 Å². The van der Waals surface area contributed by atoms with E-state index in [2.05, 4.69) is 4.94 Å². The van der Waals surface area contributed by atoms with Crippen molar-refractivity contribution in [2.24, 2.45) is 0 Å². The van der Waals surface area contributed by atoms with Crippen LogP contribution in [0.1, 0.15) is 0 Å². The first-order valence-electron chi connectivity index (χ1n) is 0.765. The van der Waals surface area contributed by atoms with E-state index in [0.717, 1.165) is 0 Å². The predicted molar refractivity (Wildman–Crippen MR) is 11.3 cm³/mol. The molecule has 0 aromatic carbocycles. The van der Waals surface area contributed by atoms with Crippen molar-refractivity contribution >= 4 is 0 Å². The molecule has 0 saturated heterocycles. The molecular weight excluding hydrogens is 72.0 g/mol. The summed E-state index contributed by atoms with van der Waals surface area (Å²) in [5, 5.41) is 18.3. The molecule has 0 aromatic heterocycles. The van der Waals surface area contributed by atoms with Crippen LogP contribution in [0.5, 0.6) is 0 Å². The number of hydrogen-bond acceptors (Lipinski definition) is 3. The van der Waals surface area contributed by atoms with Gasteiger partial charge < -0.3 is 0 Å². The lowest BCUT2D eigenvalue weighted by molar-refractivity contribution is 0.360. The molecule has 0 atom stereocenters. The zero-order valence-electron chi connectivity index (χ0n) is 2.20. The van der Waals surface area contributed by atoms with Gasteiger partial charge in [0.25, 0.3) is 10.8 Å². The second-order valence-corrected chi connectivity index (χ2v) is 0.245. The minimum atomic E-state index is 1.94. The van der Waals surface area contributed by atoms with Crippen LogP contribution in [0.2, 0.25) is 0 Å². The van der Waals surface area contributed by atoms with E-state index in [0.29, 0.717) is 0 Å². The van der Waals surface area contributed by atoms with Gasteiger partial charge >= 0.3 is 15.2 Å². The minimum absolute atomic E-state index is 1.94. The average molecular weight is 72.0 g/mol. The second kappa shape index (κ2) is 2.64. The number of diazo groups is 2. The number of rotatable bonds is 0. The van der Waals surface area contributed by atoms with Crippen LogP contribution in [0.25, 0.3) is 10.3 Å². The Labute approximate surface area is 27.3 Å². The summed E-state index contributed by atoms with van der Waals surface area (Å²) in [7, 11) is 0. The molecule has 0 unspecified atom stereocenters. The number of nitrogens with zero attached hydrogens (tertiary/aromatic N) is 4. The molecule has 24 valence electrons. The van der Waals surface area contributed by atoms with Gasteiger partial charge in [-0.05, 0) is 0 Å². The van der Waals surface area contributed by atoms with E-state index in [1.54, 1.807) is 0 Å². The molecule has 0 N–H and O–H groups in total. The highest BCUT2D eigenvalue weighted by Crippen LogP contribution is 1.66. The van der Waals surface area contributed by atoms with Crippen LogP contribution in [0.3, 0.4) is 0 Å². The Balaban J connectivity index is 2.86. The van der Waals surface area contributed by atoms with E-state index in [4.69, 9.17) is 10.8 Å². The Hall–Kier alpha value is -1.36. The van der Waals surface area contributed by atoms with E-state index in [1.165, 1.54) is 0 Å². The third-order valence-corrected chi connectivity index (χ3v) is 0.0730. The van der Waals surface area contributed by atoms with Crippen LogP contribution in [0, 0.1) is 10.8 Å². The third kappa shape index (κ3) is 2.64. The van der Waals surface area contributed by atoms with Gasteiger partial charge in [0.1, 0.15) is 0 Å². The molecule has 5 heavy (non-hydrogen) atoms. The van der Waals surface area contributed by atoms with Gasteiger partial charge in [0.05, 0.1) is 0 Å². The fourth-order valence-electron chi connectivity index (χ4n) is 0.0163. The van der Waals surface area contributed by atoms with Crippen LogP contribution < -0.4 is 0 Å². The van der Waals surface area contributed by atoms with Crippen molar-refractivity contribution in [2.75, 3.05) is 0 Å². The molecule has 0 spiro atoms. The van der Waals surface area contributed by atoms with Gasteiger partial charge in [-0.2, -0.15) is 0 Å². The summed E-state index contributed by atoms with van der Waals surface area (Å²) in [6.07, 6.45) is 0. The van der Waals surface area contributed by atoms with E-state index in [1.807, 2.05) is 10.3 Å². The SMILES string of the molecule is N#[N+]O[N+]#N. The van der Waals surface area contributed by atoms with E-state index < -0.39 is 0 Å². The van der Waals surface area contributed by atoms with Crippen molar-refractivity contribution in [2.45, 2.75) is 0 Å². The van der Waals surface area contributed by atoms with Gasteiger partial charge in [-0.3, -0.25) is 0 Å². The summed E-state index contributed by atoms with van der Waals surface area (Å²) in [5.41, 5.74) is 0. The average Bonchev–Trinajstić information content (AvgIpc) is 1.41. The Morgan fingerprint density at radius 1 is 1.20 bits per heavy atom. The molecule has 0 aliphatic heterocycles. The molecule has 5 nitrogen and oxygen atoms in total. The van der Waals surface area contributed by atoms with Crippen LogP contribution in [-0.4, -0.2) is 0 Å². The maximum atomic E-state index is 7.22. The van der Waals surface area contributed by atoms with Crippen molar-refractivity contribution < 1.29 is 4.94 Å². The Kier molecular flexibility index (Phi) is 1.92. The maximum absolute atomic E-state index is 7.22. The summed E-state index contributed by atoms with van der Waals surface area (Å²) < 4.78 is 0. The van der Waals surface area contributed by atoms with Gasteiger partial charge in [-0.15, -0.1) is 0 Å². The Morgan fingerprint density at radius 3 is 1.60 bits per heavy atom. The molecule has 0 rings (SSSR count). The van der Waals surface area contributed by atoms with Crippen molar-refractivity contribution in [3.05, 3.63) is 10.3 Å². The minimum Gasteiger partial charge on any atom is 0.286 e. The fourth-order valence-corrected chi connectivity index (χ4v) is 0.0163. The normalized spacial score (nSPS) is 3.60. The van der Waals surface area contributed by atoms with E-state index >= 15 is 0 Å². The summed E-state index contributed by atoms with van der Waals surface area (Å²) in [4.78, 5) is 3.19. The predicted octanol–water partition coefficient (Wildman–Crippen LogP) is 0.539. The highest BCUT2D eigenvalue weighted by Gasteiger charge is 1.97. The molecule has 0 fully saturated rings. The molecule has 0 heterocycles. The zero-order valence-corrected chi connectivity index (χ0v) is 2.20. The fraction of sp³-hybridized carbons (Fsp3) is 0. The maximum Gasteiger partial charge on any atom is 0.540 e. The molecule has 0 aromatic rings. The molecule has 0 amide bonds. The third-order valence-electron chi connectivity index (χ3n) is 0.0730. The molecule has 0 aliphatic carbocycles. The standard InChI is InChI=1S/N4O/c1-3-5-4-2/q+2. The monoisotopic (exact) mass is 72.0 g/mol. The molecule has 5 heteroatoms. The lowest BCUT2D eigenvalue weighted by Crippen LogP contribution is -1.42. The van der Waals surface area contributed by atoms with E-state index in [9.17, 15) is 0 Å². The zero-order chi connectivity index (χ0) is 4.12. The van der Waals surface area contributed by atoms with Crippen molar-refractivity contribution in [3.8, 4) is 0 Å². The van der Waals surface area contributed by atoms with Crippen molar-refractivity contribution in [1.82, 2.24) is 0 Å². The molecular formula is N4O+2. The smallest absolute Gasteiger partial charge is 0.286 e. The summed E-state index contributed by atoms with van der Waals surface area (Å²) in [6.45, 7) is 0. The van der Waals surface area contributed by atoms with Crippen LogP contribution in [-0.2, 0) is 4.94 Å². The van der Waals surface area contributed by atoms with Crippen LogP contribution in [0.15, 0.2) is 0 Å². The molecule has 0 saturated carbocycles. The summed E-state index contributed by atoms with van der Waals surface area (Å²) in [6, 6.07) is 0. The van der Waals surface area contributed by atoms with Crippen LogP contribution in [0.4, 0.5) is 0 Å². The van der Waals surface area contributed by atoms with Crippen molar-refractivity contribution in [3.63, 3.8) is 0 Å². The highest BCUT2D eigenvalue weighted by molar-refractivity contribution is 4.15. The lowest BCUT2D eigenvalue weighted by Gasteiger charge is -1.09. The van der Waals surface area contributed by atoms with E-state index in [-0.39, 0.29) is 0 Å². The quantitative estimate of drug-likeness (QED) is 0.310. The van der Waals surface area contributed by atoms with Gasteiger partial charge in [-0.25, -0.2) is 0 Å². The first kappa shape index (κ1) is 3.64. The Bertz CT molecular complexity index is 68.8. The highest BCUT2D eigenvalue weighted by atomic mass is 16.8. The first-order valence-corrected chi connectivity index (χ1v) is 0.765. The molecule has 0 aliphatic rings. The molecule has 0 bridgehead atoms. The van der Waals surface area contributed by atoms with Gasteiger partial charge in [0, 0.05) is 0 Å². The van der Waals surface area contributed by atoms with Gasteiger partial charge in [0.15, 0.2) is 0 Å². The number of hydrogen-bond donors (Lipinski definition) is 0. The summed E-state index contributed by atoms with van der Waals surface area (Å²) >= 11 is 0. The molecule has 0 radical (unpaired) electrons. The Morgan fingerprint density at radius 2 is 1.60 bits per heavy atom. The second-order valence-electron chi connectivity index (χ2n) is 0.245. The van der Waals surface area contributed by atoms with Gasteiger partial charge in [0.2, 0.25) is 0 Å². The topological polar surface area (TPSA) is 65.5 Å². The first-order chi connectivity index (χ1) is 2.41.